The molecule has 1 aliphatic rings. The molecule has 5 nitrogen and oxygen atoms in total. The molecule has 0 radical (unpaired) electrons. The molecule has 31 heavy (non-hydrogen) atoms. The van der Waals surface area contributed by atoms with E-state index < -0.39 is 10.0 Å². The number of anilines is 2. The topological polar surface area (TPSA) is 66.5 Å². The molecule has 158 valence electrons. The number of hydrogen-bond acceptors (Lipinski definition) is 3. The number of carbonyl (C=O) groups is 1. The maximum absolute atomic E-state index is 13.2. The van der Waals surface area contributed by atoms with Crippen LogP contribution in [-0.4, -0.2) is 20.9 Å². The fourth-order valence-corrected chi connectivity index (χ4v) is 5.32. The van der Waals surface area contributed by atoms with Gasteiger partial charge in [0.25, 0.3) is 10.0 Å². The average molecular weight is 497 g/mol. The van der Waals surface area contributed by atoms with Gasteiger partial charge in [0.15, 0.2) is 0 Å². The highest BCUT2D eigenvalue weighted by molar-refractivity contribution is 9.10. The Bertz CT molecular complexity index is 1220. The quantitative estimate of drug-likeness (QED) is 0.491. The van der Waals surface area contributed by atoms with Gasteiger partial charge in [0.05, 0.1) is 10.6 Å². The SMILES string of the molecule is O=C(/C=C/c1ccc(Br)cc1)Nc1ccc(S(=O)(=O)N2CCCc3ccccc32)cc1. The number of carbonyl (C=O) groups excluding carboxylic acids is 1. The van der Waals surface area contributed by atoms with E-state index in [4.69, 9.17) is 0 Å². The molecule has 0 saturated carbocycles. The largest absolute Gasteiger partial charge is 0.323 e. The van der Waals surface area contributed by atoms with Crippen LogP contribution < -0.4 is 9.62 Å². The molecule has 0 bridgehead atoms. The predicted octanol–water partition coefficient (Wildman–Crippen LogP) is 5.24. The highest BCUT2D eigenvalue weighted by atomic mass is 79.9. The summed E-state index contributed by atoms with van der Waals surface area (Å²) in [5, 5.41) is 2.75. The zero-order valence-corrected chi connectivity index (χ0v) is 19.1. The number of halogens is 1. The molecule has 1 aliphatic heterocycles. The number of para-hydroxylation sites is 1. The summed E-state index contributed by atoms with van der Waals surface area (Å²) in [5.74, 6) is -0.288. The van der Waals surface area contributed by atoms with Crippen molar-refractivity contribution >= 4 is 49.3 Å². The van der Waals surface area contributed by atoms with Gasteiger partial charge in [-0.05, 0) is 72.5 Å². The minimum Gasteiger partial charge on any atom is -0.323 e. The van der Waals surface area contributed by atoms with Crippen LogP contribution in [0.1, 0.15) is 17.5 Å². The normalized spacial score (nSPS) is 13.8. The first-order valence-electron chi connectivity index (χ1n) is 9.89. The third-order valence-electron chi connectivity index (χ3n) is 5.07. The summed E-state index contributed by atoms with van der Waals surface area (Å²) in [6.07, 6.45) is 4.82. The van der Waals surface area contributed by atoms with Crippen molar-refractivity contribution in [2.75, 3.05) is 16.2 Å². The highest BCUT2D eigenvalue weighted by Crippen LogP contribution is 2.32. The van der Waals surface area contributed by atoms with Crippen LogP contribution >= 0.6 is 15.9 Å². The molecular formula is C24H21BrN2O3S. The standard InChI is InChI=1S/C24H21BrN2O3S/c25-20-10-7-18(8-11-20)9-16-24(28)26-21-12-14-22(15-13-21)31(29,30)27-17-3-5-19-4-1-2-6-23(19)27/h1-2,4,6-16H,3,5,17H2,(H,26,28)/b16-9+. The molecule has 0 saturated heterocycles. The lowest BCUT2D eigenvalue weighted by Gasteiger charge is -2.30. The summed E-state index contributed by atoms with van der Waals surface area (Å²) in [5.41, 5.74) is 3.22. The highest BCUT2D eigenvalue weighted by Gasteiger charge is 2.28. The van der Waals surface area contributed by atoms with Gasteiger partial charge in [0.2, 0.25) is 5.91 Å². The number of hydrogen-bond donors (Lipinski definition) is 1. The summed E-state index contributed by atoms with van der Waals surface area (Å²) in [7, 11) is -3.67. The Morgan fingerprint density at radius 3 is 2.42 bits per heavy atom. The van der Waals surface area contributed by atoms with E-state index >= 15 is 0 Å². The van der Waals surface area contributed by atoms with Crippen molar-refractivity contribution < 1.29 is 13.2 Å². The van der Waals surface area contributed by atoms with Gasteiger partial charge in [-0.25, -0.2) is 8.42 Å². The second-order valence-electron chi connectivity index (χ2n) is 7.21. The van der Waals surface area contributed by atoms with Gasteiger partial charge in [-0.15, -0.1) is 0 Å². The number of nitrogens with one attached hydrogen (secondary N) is 1. The molecule has 1 N–H and O–H groups in total. The molecule has 0 spiro atoms. The van der Waals surface area contributed by atoms with Crippen LogP contribution in [0.5, 0.6) is 0 Å². The van der Waals surface area contributed by atoms with Crippen LogP contribution in [0, 0.1) is 0 Å². The Labute approximate surface area is 190 Å². The average Bonchev–Trinajstić information content (AvgIpc) is 2.78. The zero-order chi connectivity index (χ0) is 21.8. The summed E-state index contributed by atoms with van der Waals surface area (Å²) in [6.45, 7) is 0.457. The van der Waals surface area contributed by atoms with E-state index in [0.717, 1.165) is 34.1 Å². The summed E-state index contributed by atoms with van der Waals surface area (Å²) < 4.78 is 28.8. The summed E-state index contributed by atoms with van der Waals surface area (Å²) in [6, 6.07) is 21.5. The molecule has 0 unspecified atom stereocenters. The lowest BCUT2D eigenvalue weighted by atomic mass is 10.0. The number of aryl methyl sites for hydroxylation is 1. The lowest BCUT2D eigenvalue weighted by molar-refractivity contribution is -0.111. The van der Waals surface area contributed by atoms with Crippen molar-refractivity contribution in [3.63, 3.8) is 0 Å². The van der Waals surface area contributed by atoms with Gasteiger partial charge in [-0.3, -0.25) is 9.10 Å². The number of nitrogens with zero attached hydrogens (tertiary/aromatic N) is 1. The number of fused-ring (bicyclic) bond motifs is 1. The van der Waals surface area contributed by atoms with E-state index in [1.165, 1.54) is 22.5 Å². The monoisotopic (exact) mass is 496 g/mol. The minimum atomic E-state index is -3.67. The van der Waals surface area contributed by atoms with Crippen LogP contribution in [0.15, 0.2) is 88.2 Å². The number of sulfonamides is 1. The lowest BCUT2D eigenvalue weighted by Crippen LogP contribution is -2.35. The van der Waals surface area contributed by atoms with Gasteiger partial charge in [0.1, 0.15) is 0 Å². The fourth-order valence-electron chi connectivity index (χ4n) is 3.52. The third kappa shape index (κ3) is 4.89. The first kappa shape index (κ1) is 21.3. The molecule has 7 heteroatoms. The Kier molecular flexibility index (Phi) is 6.25. The van der Waals surface area contributed by atoms with Crippen LogP contribution in [0.3, 0.4) is 0 Å². The van der Waals surface area contributed by atoms with Gasteiger partial charge in [0, 0.05) is 22.8 Å². The Hall–Kier alpha value is -2.90. The van der Waals surface area contributed by atoms with Crippen LogP contribution in [-0.2, 0) is 21.2 Å². The number of amides is 1. The second-order valence-corrected chi connectivity index (χ2v) is 9.99. The molecule has 4 rings (SSSR count). The first-order valence-corrected chi connectivity index (χ1v) is 12.1. The van der Waals surface area contributed by atoms with Gasteiger partial charge in [-0.1, -0.05) is 46.3 Å². The van der Waals surface area contributed by atoms with E-state index in [-0.39, 0.29) is 10.8 Å². The maximum Gasteiger partial charge on any atom is 0.264 e. The molecule has 0 aliphatic carbocycles. The molecule has 1 heterocycles. The molecular weight excluding hydrogens is 476 g/mol. The van der Waals surface area contributed by atoms with Crippen molar-refractivity contribution in [2.24, 2.45) is 0 Å². The molecule has 3 aromatic carbocycles. The molecule has 0 atom stereocenters. The van der Waals surface area contributed by atoms with Crippen molar-refractivity contribution in [3.8, 4) is 0 Å². The van der Waals surface area contributed by atoms with Gasteiger partial charge in [-0.2, -0.15) is 0 Å². The fraction of sp³-hybridized carbons (Fsp3) is 0.125. The first-order chi connectivity index (χ1) is 14.9. The second kappa shape index (κ2) is 9.08. The van der Waals surface area contributed by atoms with Crippen LogP contribution in [0.2, 0.25) is 0 Å². The van der Waals surface area contributed by atoms with E-state index in [1.807, 2.05) is 48.5 Å². The summed E-state index contributed by atoms with van der Waals surface area (Å²) >= 11 is 3.37. The Morgan fingerprint density at radius 2 is 1.68 bits per heavy atom. The molecule has 1 amide bonds. The maximum atomic E-state index is 13.2. The smallest absolute Gasteiger partial charge is 0.264 e. The Morgan fingerprint density at radius 1 is 0.968 bits per heavy atom. The number of rotatable bonds is 5. The third-order valence-corrected chi connectivity index (χ3v) is 7.43. The van der Waals surface area contributed by atoms with E-state index in [1.54, 1.807) is 18.2 Å². The van der Waals surface area contributed by atoms with Crippen LogP contribution in [0.25, 0.3) is 6.08 Å². The molecule has 0 fully saturated rings. The predicted molar refractivity (Wildman–Crippen MR) is 128 cm³/mol. The van der Waals surface area contributed by atoms with Crippen molar-refractivity contribution in [3.05, 3.63) is 94.5 Å². The molecule has 0 aromatic heterocycles. The van der Waals surface area contributed by atoms with Crippen molar-refractivity contribution in [1.82, 2.24) is 0 Å². The summed E-state index contributed by atoms with van der Waals surface area (Å²) in [4.78, 5) is 12.4. The van der Waals surface area contributed by atoms with Gasteiger partial charge < -0.3 is 5.32 Å². The van der Waals surface area contributed by atoms with Crippen molar-refractivity contribution in [2.45, 2.75) is 17.7 Å². The minimum absolute atomic E-state index is 0.201. The zero-order valence-electron chi connectivity index (χ0n) is 16.7. The van der Waals surface area contributed by atoms with Crippen molar-refractivity contribution in [1.29, 1.82) is 0 Å². The van der Waals surface area contributed by atoms with E-state index in [9.17, 15) is 13.2 Å². The Balaban J connectivity index is 1.47. The van der Waals surface area contributed by atoms with E-state index in [2.05, 4.69) is 21.2 Å². The van der Waals surface area contributed by atoms with Gasteiger partial charge >= 0.3 is 0 Å². The van der Waals surface area contributed by atoms with E-state index in [0.29, 0.717) is 12.2 Å². The van der Waals surface area contributed by atoms with Crippen LogP contribution in [0.4, 0.5) is 11.4 Å². The molecule has 3 aromatic rings. The number of benzene rings is 3.